The number of nitrogens with zero attached hydrogens (tertiary/aromatic N) is 1. The molecule has 0 aliphatic carbocycles. The molecule has 0 spiro atoms. The zero-order valence-electron chi connectivity index (χ0n) is 12.2. The van der Waals surface area contributed by atoms with Gasteiger partial charge < -0.3 is 5.32 Å². The monoisotopic (exact) mass is 356 g/mol. The lowest BCUT2D eigenvalue weighted by atomic mass is 10.0. The molecule has 0 atom stereocenters. The number of benzene rings is 2. The Kier molecular flexibility index (Phi) is 4.70. The van der Waals surface area contributed by atoms with Crippen molar-refractivity contribution in [3.05, 3.63) is 86.5 Å². The average Bonchev–Trinajstić information content (AvgIpc) is 3.05. The van der Waals surface area contributed by atoms with Gasteiger partial charge in [0.25, 0.3) is 0 Å². The Hall–Kier alpha value is -2.55. The number of nitrogens with one attached hydrogen (secondary N) is 1. The predicted molar refractivity (Wildman–Crippen MR) is 93.5 cm³/mol. The molecule has 1 heterocycles. The second kappa shape index (κ2) is 6.91. The highest BCUT2D eigenvalue weighted by atomic mass is 35.5. The Morgan fingerprint density at radius 1 is 1.17 bits per heavy atom. The molecule has 6 heteroatoms. The predicted octanol–water partition coefficient (Wildman–Crippen LogP) is 4.73. The van der Waals surface area contributed by atoms with Crippen LogP contribution in [0.5, 0.6) is 0 Å². The van der Waals surface area contributed by atoms with Crippen LogP contribution in [-0.4, -0.2) is 5.78 Å². The van der Waals surface area contributed by atoms with E-state index in [1.165, 1.54) is 17.8 Å². The molecule has 0 saturated carbocycles. The molecule has 1 N–H and O–H groups in total. The van der Waals surface area contributed by atoms with Crippen LogP contribution in [0.2, 0.25) is 5.02 Å². The highest BCUT2D eigenvalue weighted by Crippen LogP contribution is 2.34. The molecule has 2 aromatic carbocycles. The molecule has 0 fully saturated rings. The van der Waals surface area contributed by atoms with E-state index in [0.29, 0.717) is 16.3 Å². The van der Waals surface area contributed by atoms with E-state index in [2.05, 4.69) is 5.32 Å². The molecule has 24 heavy (non-hydrogen) atoms. The standard InChI is InChI=1S/C18H10ClFN2OS/c19-14-7-3-1-5-11(14)17(23)13(9-21)18-22-16(10-24-18)12-6-2-4-8-15(12)20/h1-8,10,22H/b18-13+. The summed E-state index contributed by atoms with van der Waals surface area (Å²) < 4.78 is 13.9. The lowest BCUT2D eigenvalue weighted by Gasteiger charge is -2.08. The van der Waals surface area contributed by atoms with E-state index in [1.54, 1.807) is 47.9 Å². The first-order chi connectivity index (χ1) is 11.6. The van der Waals surface area contributed by atoms with Crippen LogP contribution in [0.4, 0.5) is 4.39 Å². The van der Waals surface area contributed by atoms with Crippen LogP contribution in [0.3, 0.4) is 0 Å². The first kappa shape index (κ1) is 16.3. The first-order valence-electron chi connectivity index (χ1n) is 6.94. The highest BCUT2D eigenvalue weighted by Gasteiger charge is 2.24. The van der Waals surface area contributed by atoms with Crippen LogP contribution in [0, 0.1) is 17.1 Å². The van der Waals surface area contributed by atoms with E-state index >= 15 is 0 Å². The summed E-state index contributed by atoms with van der Waals surface area (Å²) in [5.41, 5.74) is 1.08. The van der Waals surface area contributed by atoms with E-state index in [1.807, 2.05) is 6.07 Å². The SMILES string of the molecule is N#C/C(C(=O)c1ccccc1Cl)=C1/NC(c2ccccc2F)=CS1. The zero-order valence-corrected chi connectivity index (χ0v) is 13.8. The van der Waals surface area contributed by atoms with Crippen molar-refractivity contribution in [1.29, 1.82) is 5.26 Å². The Morgan fingerprint density at radius 2 is 1.88 bits per heavy atom. The van der Waals surface area contributed by atoms with Gasteiger partial charge in [-0.3, -0.25) is 4.79 Å². The minimum atomic E-state index is -0.471. The second-order valence-corrected chi connectivity index (χ2v) is 6.17. The van der Waals surface area contributed by atoms with Gasteiger partial charge in [0, 0.05) is 16.5 Å². The number of hydrogen-bond acceptors (Lipinski definition) is 4. The van der Waals surface area contributed by atoms with Crippen LogP contribution in [0.25, 0.3) is 5.70 Å². The molecule has 118 valence electrons. The number of hydrogen-bond donors (Lipinski definition) is 1. The number of halogens is 2. The van der Waals surface area contributed by atoms with E-state index in [-0.39, 0.29) is 22.0 Å². The fourth-order valence-electron chi connectivity index (χ4n) is 2.22. The summed E-state index contributed by atoms with van der Waals surface area (Å²) >= 11 is 7.20. The minimum Gasteiger partial charge on any atom is -0.348 e. The molecule has 3 rings (SSSR count). The maximum absolute atomic E-state index is 13.9. The maximum Gasteiger partial charge on any atom is 0.207 e. The van der Waals surface area contributed by atoms with Crippen LogP contribution in [-0.2, 0) is 0 Å². The van der Waals surface area contributed by atoms with Gasteiger partial charge in [0.1, 0.15) is 17.5 Å². The lowest BCUT2D eigenvalue weighted by Crippen LogP contribution is -2.12. The molecule has 1 aliphatic rings. The molecule has 3 nitrogen and oxygen atoms in total. The minimum absolute atomic E-state index is 0.0595. The molecule has 0 saturated heterocycles. The number of carbonyl (C=O) groups is 1. The fraction of sp³-hybridized carbons (Fsp3) is 0. The molecule has 0 radical (unpaired) electrons. The van der Waals surface area contributed by atoms with E-state index in [0.717, 1.165) is 0 Å². The topological polar surface area (TPSA) is 52.9 Å². The van der Waals surface area contributed by atoms with Gasteiger partial charge in [-0.2, -0.15) is 5.26 Å². The molecule has 0 aromatic heterocycles. The van der Waals surface area contributed by atoms with Crippen molar-refractivity contribution < 1.29 is 9.18 Å². The molecule has 1 aliphatic heterocycles. The van der Waals surface area contributed by atoms with Gasteiger partial charge in [0.15, 0.2) is 0 Å². The van der Waals surface area contributed by atoms with E-state index in [9.17, 15) is 14.4 Å². The summed E-state index contributed by atoms with van der Waals surface area (Å²) in [6, 6.07) is 14.7. The summed E-state index contributed by atoms with van der Waals surface area (Å²) in [6.45, 7) is 0. The summed E-state index contributed by atoms with van der Waals surface area (Å²) in [6.07, 6.45) is 0. The average molecular weight is 357 g/mol. The Labute approximate surface area is 147 Å². The van der Waals surface area contributed by atoms with Crippen molar-refractivity contribution >= 4 is 34.8 Å². The van der Waals surface area contributed by atoms with Gasteiger partial charge in [-0.15, -0.1) is 0 Å². The van der Waals surface area contributed by atoms with E-state index in [4.69, 9.17) is 11.6 Å². The Morgan fingerprint density at radius 3 is 2.58 bits per heavy atom. The van der Waals surface area contributed by atoms with Gasteiger partial charge >= 0.3 is 0 Å². The highest BCUT2D eigenvalue weighted by molar-refractivity contribution is 8.06. The van der Waals surface area contributed by atoms with Gasteiger partial charge in [0.2, 0.25) is 5.78 Å². The first-order valence-corrected chi connectivity index (χ1v) is 8.20. The largest absolute Gasteiger partial charge is 0.348 e. The maximum atomic E-state index is 13.9. The Bertz CT molecular complexity index is 931. The second-order valence-electron chi connectivity index (χ2n) is 4.88. The van der Waals surface area contributed by atoms with Gasteiger partial charge in [-0.05, 0) is 24.3 Å². The number of Topliss-reactive ketones (excluding diaryl/α,β-unsaturated/α-hetero) is 1. The van der Waals surface area contributed by atoms with Crippen molar-refractivity contribution in [2.75, 3.05) is 0 Å². The zero-order chi connectivity index (χ0) is 17.1. The third kappa shape index (κ3) is 3.07. The number of carbonyl (C=O) groups excluding carboxylic acids is 1. The van der Waals surface area contributed by atoms with Crippen molar-refractivity contribution in [1.82, 2.24) is 5.32 Å². The molecule has 2 aromatic rings. The number of ketones is 1. The van der Waals surface area contributed by atoms with Crippen molar-refractivity contribution in [3.63, 3.8) is 0 Å². The molecule has 0 bridgehead atoms. The number of thioether (sulfide) groups is 1. The number of allylic oxidation sites excluding steroid dienone is 1. The summed E-state index contributed by atoms with van der Waals surface area (Å²) in [5.74, 6) is -0.852. The third-order valence-corrected chi connectivity index (χ3v) is 4.62. The lowest BCUT2D eigenvalue weighted by molar-refractivity contribution is 0.103. The normalized spacial score (nSPS) is 15.3. The van der Waals surface area contributed by atoms with Crippen LogP contribution >= 0.6 is 23.4 Å². The van der Waals surface area contributed by atoms with Gasteiger partial charge in [0.05, 0.1) is 15.7 Å². The van der Waals surface area contributed by atoms with Gasteiger partial charge in [-0.25, -0.2) is 4.39 Å². The number of nitriles is 1. The molecule has 0 unspecified atom stereocenters. The third-order valence-electron chi connectivity index (χ3n) is 3.39. The smallest absolute Gasteiger partial charge is 0.207 e. The van der Waals surface area contributed by atoms with Crippen LogP contribution in [0.15, 0.2) is 64.5 Å². The summed E-state index contributed by atoms with van der Waals surface area (Å²) in [5, 5.41) is 14.7. The fourth-order valence-corrected chi connectivity index (χ4v) is 3.28. The van der Waals surface area contributed by atoms with Crippen molar-refractivity contribution in [3.8, 4) is 6.07 Å². The molecular weight excluding hydrogens is 347 g/mol. The summed E-state index contributed by atoms with van der Waals surface area (Å²) in [7, 11) is 0. The molecular formula is C18H10ClFN2OS. The summed E-state index contributed by atoms with van der Waals surface area (Å²) in [4.78, 5) is 12.6. The molecule has 0 amide bonds. The quantitative estimate of drug-likeness (QED) is 0.490. The van der Waals surface area contributed by atoms with Gasteiger partial charge in [-0.1, -0.05) is 47.6 Å². The van der Waals surface area contributed by atoms with Crippen LogP contribution < -0.4 is 5.32 Å². The van der Waals surface area contributed by atoms with Crippen LogP contribution in [0.1, 0.15) is 15.9 Å². The number of rotatable bonds is 3. The van der Waals surface area contributed by atoms with Crippen molar-refractivity contribution in [2.45, 2.75) is 0 Å². The van der Waals surface area contributed by atoms with E-state index < -0.39 is 5.78 Å². The van der Waals surface area contributed by atoms with Crippen molar-refractivity contribution in [2.24, 2.45) is 0 Å². The Balaban J connectivity index is 1.93.